The summed E-state index contributed by atoms with van der Waals surface area (Å²) >= 11 is 0. The lowest BCUT2D eigenvalue weighted by molar-refractivity contribution is -0.151. The minimum absolute atomic E-state index is 0.292. The van der Waals surface area contributed by atoms with E-state index >= 15 is 0 Å². The first-order valence-electron chi connectivity index (χ1n) is 8.13. The average molecular weight is 328 g/mol. The first-order chi connectivity index (χ1) is 10.9. The molecule has 0 aliphatic heterocycles. The normalized spacial score (nSPS) is 10.1. The Hall–Kier alpha value is -1.85. The van der Waals surface area contributed by atoms with Crippen molar-refractivity contribution in [2.75, 3.05) is 13.2 Å². The van der Waals surface area contributed by atoms with Crippen LogP contribution in [0, 0.1) is 0 Å². The van der Waals surface area contributed by atoms with Gasteiger partial charge in [-0.25, -0.2) is 4.79 Å². The number of hydrogen-bond acceptors (Lipinski definition) is 5. The molecule has 0 atom stereocenters. The van der Waals surface area contributed by atoms with Crippen LogP contribution < -0.4 is 0 Å². The number of carbonyl (C=O) groups is 3. The van der Waals surface area contributed by atoms with Crippen molar-refractivity contribution in [3.05, 3.63) is 12.2 Å². The molecule has 6 nitrogen and oxygen atoms in total. The number of carboxylic acids is 1. The van der Waals surface area contributed by atoms with Crippen LogP contribution in [0.25, 0.3) is 0 Å². The van der Waals surface area contributed by atoms with E-state index in [0.717, 1.165) is 51.4 Å². The number of esters is 2. The summed E-state index contributed by atoms with van der Waals surface area (Å²) in [6.07, 6.45) is 7.51. The third-order valence-electron chi connectivity index (χ3n) is 3.18. The molecule has 6 heteroatoms. The fourth-order valence-corrected chi connectivity index (χ4v) is 1.91. The second-order valence-electron chi connectivity index (χ2n) is 5.54. The maximum absolute atomic E-state index is 11.1. The molecule has 23 heavy (non-hydrogen) atoms. The van der Waals surface area contributed by atoms with Gasteiger partial charge in [-0.1, -0.05) is 45.1 Å². The Morgan fingerprint density at radius 3 is 1.70 bits per heavy atom. The second kappa shape index (κ2) is 13.8. The molecule has 0 bridgehead atoms. The van der Waals surface area contributed by atoms with Crippen molar-refractivity contribution in [1.29, 1.82) is 0 Å². The topological polar surface area (TPSA) is 89.9 Å². The SMILES string of the molecule is C=C(C)C(=O)OCCCCCCCCCCOC(=O)CC(=O)O. The Bertz CT molecular complexity index is 389. The van der Waals surface area contributed by atoms with Gasteiger partial charge in [-0.15, -0.1) is 0 Å². The van der Waals surface area contributed by atoms with Gasteiger partial charge in [0.2, 0.25) is 0 Å². The van der Waals surface area contributed by atoms with Crippen LogP contribution in [-0.4, -0.2) is 36.2 Å². The molecule has 132 valence electrons. The molecule has 0 radical (unpaired) electrons. The van der Waals surface area contributed by atoms with E-state index < -0.39 is 18.4 Å². The predicted molar refractivity (Wildman–Crippen MR) is 85.9 cm³/mol. The summed E-state index contributed by atoms with van der Waals surface area (Å²) < 4.78 is 9.80. The van der Waals surface area contributed by atoms with E-state index in [0.29, 0.717) is 18.8 Å². The van der Waals surface area contributed by atoms with Gasteiger partial charge in [0, 0.05) is 5.57 Å². The Balaban J connectivity index is 3.22. The standard InChI is InChI=1S/C17H28O6/c1-14(2)17(21)23-12-10-8-6-4-3-5-7-9-11-22-16(20)13-15(18)19/h1,3-13H2,2H3,(H,18,19). The Kier molecular flexibility index (Phi) is 12.7. The number of unbranched alkanes of at least 4 members (excludes halogenated alkanes) is 7. The fourth-order valence-electron chi connectivity index (χ4n) is 1.91. The molecule has 0 unspecified atom stereocenters. The molecule has 0 aromatic heterocycles. The number of ether oxygens (including phenoxy) is 2. The molecule has 0 saturated carbocycles. The molecule has 0 amide bonds. The minimum Gasteiger partial charge on any atom is -0.481 e. The van der Waals surface area contributed by atoms with Crippen molar-refractivity contribution < 1.29 is 29.0 Å². The summed E-state index contributed by atoms with van der Waals surface area (Å²) in [6.45, 7) is 5.90. The van der Waals surface area contributed by atoms with Crippen molar-refractivity contribution in [1.82, 2.24) is 0 Å². The second-order valence-corrected chi connectivity index (χ2v) is 5.54. The zero-order valence-electron chi connectivity index (χ0n) is 14.0. The molecule has 0 aromatic carbocycles. The summed E-state index contributed by atoms with van der Waals surface area (Å²) in [5.74, 6) is -2.16. The molecule has 0 aliphatic carbocycles. The van der Waals surface area contributed by atoms with E-state index in [1.165, 1.54) is 0 Å². The summed E-state index contributed by atoms with van der Waals surface area (Å²) in [5, 5.41) is 8.38. The largest absolute Gasteiger partial charge is 0.481 e. The van der Waals surface area contributed by atoms with Crippen LogP contribution >= 0.6 is 0 Å². The molecule has 0 aliphatic rings. The van der Waals surface area contributed by atoms with E-state index in [-0.39, 0.29) is 5.97 Å². The van der Waals surface area contributed by atoms with E-state index in [2.05, 4.69) is 6.58 Å². The van der Waals surface area contributed by atoms with Gasteiger partial charge in [-0.05, 0) is 19.8 Å². The average Bonchev–Trinajstić information content (AvgIpc) is 2.47. The van der Waals surface area contributed by atoms with Crippen molar-refractivity contribution in [3.8, 4) is 0 Å². The van der Waals surface area contributed by atoms with Crippen LogP contribution in [0.4, 0.5) is 0 Å². The number of hydrogen-bond donors (Lipinski definition) is 1. The van der Waals surface area contributed by atoms with Crippen molar-refractivity contribution in [3.63, 3.8) is 0 Å². The van der Waals surface area contributed by atoms with Gasteiger partial charge < -0.3 is 14.6 Å². The summed E-state index contributed by atoms with van der Waals surface area (Å²) in [7, 11) is 0. The highest BCUT2D eigenvalue weighted by atomic mass is 16.5. The van der Waals surface area contributed by atoms with Gasteiger partial charge >= 0.3 is 17.9 Å². The van der Waals surface area contributed by atoms with E-state index in [1.807, 2.05) is 0 Å². The van der Waals surface area contributed by atoms with Gasteiger partial charge in [-0.2, -0.15) is 0 Å². The summed E-state index contributed by atoms with van der Waals surface area (Å²) in [4.78, 5) is 32.3. The monoisotopic (exact) mass is 328 g/mol. The van der Waals surface area contributed by atoms with Crippen LogP contribution in [0.2, 0.25) is 0 Å². The van der Waals surface area contributed by atoms with Crippen LogP contribution in [0.5, 0.6) is 0 Å². The lowest BCUT2D eigenvalue weighted by atomic mass is 10.1. The highest BCUT2D eigenvalue weighted by molar-refractivity contribution is 5.90. The van der Waals surface area contributed by atoms with E-state index in [1.54, 1.807) is 6.92 Å². The minimum atomic E-state index is -1.16. The Labute approximate surface area is 137 Å². The summed E-state index contributed by atoms with van der Waals surface area (Å²) in [5.41, 5.74) is 0.429. The van der Waals surface area contributed by atoms with Crippen molar-refractivity contribution in [2.24, 2.45) is 0 Å². The molecule has 0 spiro atoms. The third-order valence-corrected chi connectivity index (χ3v) is 3.18. The highest BCUT2D eigenvalue weighted by Crippen LogP contribution is 2.09. The van der Waals surface area contributed by atoms with Crippen molar-refractivity contribution >= 4 is 17.9 Å². The van der Waals surface area contributed by atoms with Gasteiger partial charge in [0.1, 0.15) is 6.42 Å². The van der Waals surface area contributed by atoms with Crippen LogP contribution in [0.15, 0.2) is 12.2 Å². The van der Waals surface area contributed by atoms with Gasteiger partial charge in [0.15, 0.2) is 0 Å². The van der Waals surface area contributed by atoms with E-state index in [9.17, 15) is 14.4 Å². The maximum Gasteiger partial charge on any atom is 0.333 e. The molecular weight excluding hydrogens is 300 g/mol. The Morgan fingerprint density at radius 1 is 0.826 bits per heavy atom. The number of carboxylic acid groups (broad SMARTS) is 1. The molecule has 0 rings (SSSR count). The fraction of sp³-hybridized carbons (Fsp3) is 0.706. The van der Waals surface area contributed by atoms with Crippen LogP contribution in [0.3, 0.4) is 0 Å². The highest BCUT2D eigenvalue weighted by Gasteiger charge is 2.07. The zero-order valence-corrected chi connectivity index (χ0v) is 14.0. The number of aliphatic carboxylic acids is 1. The van der Waals surface area contributed by atoms with Crippen molar-refractivity contribution in [2.45, 2.75) is 64.7 Å². The maximum atomic E-state index is 11.1. The van der Waals surface area contributed by atoms with Crippen LogP contribution in [0.1, 0.15) is 64.7 Å². The van der Waals surface area contributed by atoms with Gasteiger partial charge in [-0.3, -0.25) is 9.59 Å². The molecule has 1 N–H and O–H groups in total. The molecule has 0 aromatic rings. The lowest BCUT2D eigenvalue weighted by Crippen LogP contribution is -2.11. The van der Waals surface area contributed by atoms with Gasteiger partial charge in [0.25, 0.3) is 0 Å². The quantitative estimate of drug-likeness (QED) is 0.228. The molecule has 0 heterocycles. The first-order valence-corrected chi connectivity index (χ1v) is 8.13. The smallest absolute Gasteiger partial charge is 0.333 e. The molecule has 0 saturated heterocycles. The lowest BCUT2D eigenvalue weighted by Gasteiger charge is -2.05. The van der Waals surface area contributed by atoms with E-state index in [4.69, 9.17) is 14.6 Å². The molecule has 0 fully saturated rings. The number of carbonyl (C=O) groups excluding carboxylic acids is 2. The van der Waals surface area contributed by atoms with Crippen LogP contribution in [-0.2, 0) is 23.9 Å². The summed E-state index contributed by atoms with van der Waals surface area (Å²) in [6, 6.07) is 0. The Morgan fingerprint density at radius 2 is 1.26 bits per heavy atom. The number of rotatable bonds is 14. The zero-order chi connectivity index (χ0) is 17.5. The molecular formula is C17H28O6. The first kappa shape index (κ1) is 21.1. The van der Waals surface area contributed by atoms with Gasteiger partial charge in [0.05, 0.1) is 13.2 Å². The predicted octanol–water partition coefficient (Wildman–Crippen LogP) is 3.24. The third kappa shape index (κ3) is 14.8.